The molecule has 2 aliphatic rings. The molecular formula is C26H30N2O5. The van der Waals surface area contributed by atoms with Crippen molar-refractivity contribution in [2.75, 3.05) is 13.2 Å². The Labute approximate surface area is 193 Å². The lowest BCUT2D eigenvalue weighted by atomic mass is 9.98. The van der Waals surface area contributed by atoms with Gasteiger partial charge >= 0.3 is 12.1 Å². The number of aliphatic carboxylic acids is 1. The third kappa shape index (κ3) is 5.53. The van der Waals surface area contributed by atoms with Crippen molar-refractivity contribution in [1.82, 2.24) is 10.6 Å². The highest BCUT2D eigenvalue weighted by atomic mass is 16.5. The summed E-state index contributed by atoms with van der Waals surface area (Å²) < 4.78 is 5.59. The number of hydrogen-bond acceptors (Lipinski definition) is 4. The number of amides is 2. The molecule has 174 valence electrons. The standard InChI is InChI=1S/C26H30N2O5/c1-16(25(30)31)12-13-27-24(29)23(14-17-10-11-17)28-26(32)33-15-22-20-8-4-2-6-18(20)19-7-3-5-9-21(19)22/h2-9,16-17,22-23H,10-15H2,1H3,(H,27,29)(H,28,32)(H,30,31). The van der Waals surface area contributed by atoms with Gasteiger partial charge in [-0.05, 0) is 41.0 Å². The first-order valence-electron chi connectivity index (χ1n) is 11.6. The van der Waals surface area contributed by atoms with Gasteiger partial charge < -0.3 is 20.5 Å². The van der Waals surface area contributed by atoms with Gasteiger partial charge in [0.25, 0.3) is 0 Å². The molecule has 0 aromatic heterocycles. The molecule has 4 rings (SSSR count). The summed E-state index contributed by atoms with van der Waals surface area (Å²) in [6.45, 7) is 2.04. The molecule has 0 saturated heterocycles. The van der Waals surface area contributed by atoms with Gasteiger partial charge in [0.05, 0.1) is 5.92 Å². The van der Waals surface area contributed by atoms with Gasteiger partial charge in [-0.2, -0.15) is 0 Å². The van der Waals surface area contributed by atoms with E-state index in [1.54, 1.807) is 6.92 Å². The Balaban J connectivity index is 1.34. The highest BCUT2D eigenvalue weighted by Crippen LogP contribution is 2.44. The molecule has 1 fully saturated rings. The van der Waals surface area contributed by atoms with Crippen LogP contribution in [0.4, 0.5) is 4.79 Å². The van der Waals surface area contributed by atoms with Crippen molar-refractivity contribution in [1.29, 1.82) is 0 Å². The van der Waals surface area contributed by atoms with Crippen LogP contribution in [0.3, 0.4) is 0 Å². The second-order valence-electron chi connectivity index (χ2n) is 9.02. The zero-order valence-electron chi connectivity index (χ0n) is 18.8. The molecule has 3 N–H and O–H groups in total. The maximum atomic E-state index is 12.7. The Morgan fingerprint density at radius 3 is 2.21 bits per heavy atom. The lowest BCUT2D eigenvalue weighted by molar-refractivity contribution is -0.141. The molecule has 0 bridgehead atoms. The van der Waals surface area contributed by atoms with Crippen molar-refractivity contribution < 1.29 is 24.2 Å². The number of ether oxygens (including phenoxy) is 1. The Kier molecular flexibility index (Phi) is 6.96. The summed E-state index contributed by atoms with van der Waals surface area (Å²) >= 11 is 0. The van der Waals surface area contributed by atoms with E-state index in [4.69, 9.17) is 9.84 Å². The van der Waals surface area contributed by atoms with E-state index in [1.165, 1.54) is 0 Å². The van der Waals surface area contributed by atoms with Crippen LogP contribution in [0.15, 0.2) is 48.5 Å². The van der Waals surface area contributed by atoms with E-state index in [0.29, 0.717) is 18.8 Å². The van der Waals surface area contributed by atoms with Crippen LogP contribution in [0.25, 0.3) is 11.1 Å². The van der Waals surface area contributed by atoms with E-state index >= 15 is 0 Å². The molecular weight excluding hydrogens is 420 g/mol. The van der Waals surface area contributed by atoms with Crippen LogP contribution in [0.1, 0.15) is 49.7 Å². The van der Waals surface area contributed by atoms with Crippen LogP contribution in [-0.2, 0) is 14.3 Å². The molecule has 2 atom stereocenters. The number of rotatable bonds is 10. The van der Waals surface area contributed by atoms with Gasteiger partial charge in [-0.25, -0.2) is 4.79 Å². The topological polar surface area (TPSA) is 105 Å². The van der Waals surface area contributed by atoms with Crippen LogP contribution < -0.4 is 10.6 Å². The smallest absolute Gasteiger partial charge is 0.407 e. The lowest BCUT2D eigenvalue weighted by Crippen LogP contribution is -2.47. The fourth-order valence-electron chi connectivity index (χ4n) is 4.36. The zero-order valence-corrected chi connectivity index (χ0v) is 18.8. The Morgan fingerprint density at radius 1 is 1.03 bits per heavy atom. The highest BCUT2D eigenvalue weighted by molar-refractivity contribution is 5.86. The number of nitrogens with one attached hydrogen (secondary N) is 2. The number of carbonyl (C=O) groups excluding carboxylic acids is 2. The summed E-state index contributed by atoms with van der Waals surface area (Å²) in [5, 5.41) is 14.5. The predicted octanol–water partition coefficient (Wildman–Crippen LogP) is 3.92. The van der Waals surface area contributed by atoms with Gasteiger partial charge in [0.2, 0.25) is 5.91 Å². The highest BCUT2D eigenvalue weighted by Gasteiger charge is 2.32. The number of benzene rings is 2. The number of carboxylic acid groups (broad SMARTS) is 1. The van der Waals surface area contributed by atoms with Gasteiger partial charge in [0, 0.05) is 12.5 Å². The SMILES string of the molecule is CC(CCNC(=O)C(CC1CC1)NC(=O)OCC1c2ccccc2-c2ccccc21)C(=O)O. The molecule has 2 amide bonds. The van der Waals surface area contributed by atoms with Gasteiger partial charge in [-0.3, -0.25) is 9.59 Å². The predicted molar refractivity (Wildman–Crippen MR) is 124 cm³/mol. The van der Waals surface area contributed by atoms with E-state index in [2.05, 4.69) is 34.9 Å². The third-order valence-electron chi connectivity index (χ3n) is 6.52. The Bertz CT molecular complexity index is 987. The number of alkyl carbamates (subject to hydrolysis) is 1. The molecule has 7 heteroatoms. The molecule has 1 saturated carbocycles. The lowest BCUT2D eigenvalue weighted by Gasteiger charge is -2.20. The van der Waals surface area contributed by atoms with E-state index < -0.39 is 24.0 Å². The Hall–Kier alpha value is -3.35. The molecule has 0 heterocycles. The van der Waals surface area contributed by atoms with E-state index in [1.807, 2.05) is 24.3 Å². The van der Waals surface area contributed by atoms with Crippen molar-refractivity contribution in [2.24, 2.45) is 11.8 Å². The molecule has 0 radical (unpaired) electrons. The van der Waals surface area contributed by atoms with Crippen LogP contribution in [0, 0.1) is 11.8 Å². The second kappa shape index (κ2) is 10.1. The average molecular weight is 451 g/mol. The van der Waals surface area contributed by atoms with Gasteiger partial charge in [0.1, 0.15) is 12.6 Å². The van der Waals surface area contributed by atoms with Crippen LogP contribution >= 0.6 is 0 Å². The normalized spacial score (nSPS) is 16.3. The van der Waals surface area contributed by atoms with Crippen molar-refractivity contribution in [3.63, 3.8) is 0 Å². The quantitative estimate of drug-likeness (QED) is 0.509. The van der Waals surface area contributed by atoms with E-state index in [0.717, 1.165) is 35.1 Å². The first kappa shape index (κ1) is 22.8. The van der Waals surface area contributed by atoms with Gasteiger partial charge in [0.15, 0.2) is 0 Å². The number of carboxylic acids is 1. The molecule has 2 unspecified atom stereocenters. The maximum absolute atomic E-state index is 12.7. The summed E-state index contributed by atoms with van der Waals surface area (Å²) in [6.07, 6.45) is 2.38. The fourth-order valence-corrected chi connectivity index (χ4v) is 4.36. The largest absolute Gasteiger partial charge is 0.481 e. The van der Waals surface area contributed by atoms with E-state index in [9.17, 15) is 14.4 Å². The van der Waals surface area contributed by atoms with Crippen molar-refractivity contribution in [3.05, 3.63) is 59.7 Å². The van der Waals surface area contributed by atoms with Crippen LogP contribution in [-0.4, -0.2) is 42.3 Å². The minimum atomic E-state index is -0.893. The Morgan fingerprint density at radius 2 is 1.64 bits per heavy atom. The molecule has 2 aromatic carbocycles. The number of carbonyl (C=O) groups is 3. The van der Waals surface area contributed by atoms with Crippen molar-refractivity contribution in [2.45, 2.75) is 44.6 Å². The monoisotopic (exact) mass is 450 g/mol. The summed E-state index contributed by atoms with van der Waals surface area (Å²) in [5.74, 6) is -1.35. The number of hydrogen-bond donors (Lipinski definition) is 3. The summed E-state index contributed by atoms with van der Waals surface area (Å²) in [7, 11) is 0. The summed E-state index contributed by atoms with van der Waals surface area (Å²) in [6, 6.07) is 15.6. The van der Waals surface area contributed by atoms with Crippen LogP contribution in [0.5, 0.6) is 0 Å². The third-order valence-corrected chi connectivity index (χ3v) is 6.52. The average Bonchev–Trinajstić information content (AvgIpc) is 3.57. The molecule has 2 aromatic rings. The summed E-state index contributed by atoms with van der Waals surface area (Å²) in [5.41, 5.74) is 4.57. The van der Waals surface area contributed by atoms with Gasteiger partial charge in [-0.1, -0.05) is 68.3 Å². The first-order chi connectivity index (χ1) is 15.9. The minimum Gasteiger partial charge on any atom is -0.481 e. The second-order valence-corrected chi connectivity index (χ2v) is 9.02. The van der Waals surface area contributed by atoms with Crippen molar-refractivity contribution in [3.8, 4) is 11.1 Å². The minimum absolute atomic E-state index is 0.0450. The molecule has 0 aliphatic heterocycles. The fraction of sp³-hybridized carbons (Fsp3) is 0.423. The van der Waals surface area contributed by atoms with Crippen LogP contribution in [0.2, 0.25) is 0 Å². The van der Waals surface area contributed by atoms with Crippen molar-refractivity contribution >= 4 is 18.0 Å². The van der Waals surface area contributed by atoms with E-state index in [-0.39, 0.29) is 25.0 Å². The molecule has 0 spiro atoms. The maximum Gasteiger partial charge on any atom is 0.407 e. The zero-order chi connectivity index (χ0) is 23.4. The summed E-state index contributed by atoms with van der Waals surface area (Å²) in [4.78, 5) is 36.2. The number of fused-ring (bicyclic) bond motifs is 3. The first-order valence-corrected chi connectivity index (χ1v) is 11.6. The molecule has 2 aliphatic carbocycles. The molecule has 33 heavy (non-hydrogen) atoms. The van der Waals surface area contributed by atoms with Gasteiger partial charge in [-0.15, -0.1) is 0 Å². The molecule has 7 nitrogen and oxygen atoms in total.